The fourth-order valence-corrected chi connectivity index (χ4v) is 1.57. The monoisotopic (exact) mass is 290 g/mol. The normalized spacial score (nSPS) is 11.4. The van der Waals surface area contributed by atoms with Gasteiger partial charge in [-0.3, -0.25) is 4.79 Å². The van der Waals surface area contributed by atoms with Crippen molar-refractivity contribution in [2.24, 2.45) is 5.41 Å². The van der Waals surface area contributed by atoms with Crippen molar-refractivity contribution in [1.82, 2.24) is 15.3 Å². The van der Waals surface area contributed by atoms with Crippen LogP contribution in [0.4, 0.5) is 5.82 Å². The Kier molecular flexibility index (Phi) is 4.23. The van der Waals surface area contributed by atoms with Crippen LogP contribution < -0.4 is 11.1 Å². The number of nitrogen functional groups attached to an aromatic ring is 1. The van der Waals surface area contributed by atoms with Crippen LogP contribution in [0.3, 0.4) is 0 Å². The third-order valence-electron chi connectivity index (χ3n) is 2.95. The van der Waals surface area contributed by atoms with E-state index in [1.807, 2.05) is 13.8 Å². The van der Waals surface area contributed by atoms with Crippen molar-refractivity contribution in [2.45, 2.75) is 13.8 Å². The molecule has 0 atom stereocenters. The molecular formula is C14H18N4O3. The van der Waals surface area contributed by atoms with Gasteiger partial charge in [-0.2, -0.15) is 0 Å². The quantitative estimate of drug-likeness (QED) is 0.758. The van der Waals surface area contributed by atoms with E-state index in [4.69, 9.17) is 10.2 Å². The molecule has 0 aliphatic heterocycles. The van der Waals surface area contributed by atoms with Crippen molar-refractivity contribution in [3.05, 3.63) is 30.3 Å². The molecule has 2 aromatic rings. The highest BCUT2D eigenvalue weighted by Gasteiger charge is 2.20. The number of carbonyl (C=O) groups excluding carboxylic acids is 1. The van der Waals surface area contributed by atoms with Crippen LogP contribution in [-0.2, 0) is 0 Å². The Morgan fingerprint density at radius 1 is 1.52 bits per heavy atom. The number of amides is 1. The highest BCUT2D eigenvalue weighted by Crippen LogP contribution is 2.19. The minimum absolute atomic E-state index is 0.0395. The number of aliphatic hydroxyl groups excluding tert-OH is 1. The van der Waals surface area contributed by atoms with E-state index in [1.165, 1.54) is 12.5 Å². The van der Waals surface area contributed by atoms with Crippen molar-refractivity contribution in [3.63, 3.8) is 0 Å². The van der Waals surface area contributed by atoms with E-state index in [0.717, 1.165) is 0 Å². The first-order valence-electron chi connectivity index (χ1n) is 6.48. The number of carbonyl (C=O) groups is 1. The molecule has 7 heteroatoms. The molecule has 0 aliphatic rings. The highest BCUT2D eigenvalue weighted by atomic mass is 16.3. The van der Waals surface area contributed by atoms with E-state index in [9.17, 15) is 9.90 Å². The Balaban J connectivity index is 2.19. The molecule has 112 valence electrons. The van der Waals surface area contributed by atoms with Gasteiger partial charge in [0.25, 0.3) is 5.91 Å². The third kappa shape index (κ3) is 3.57. The lowest BCUT2D eigenvalue weighted by atomic mass is 9.95. The molecule has 0 radical (unpaired) electrons. The van der Waals surface area contributed by atoms with Crippen molar-refractivity contribution < 1.29 is 14.3 Å². The number of anilines is 1. The zero-order valence-corrected chi connectivity index (χ0v) is 12.0. The second kappa shape index (κ2) is 5.92. The average molecular weight is 290 g/mol. The largest absolute Gasteiger partial charge is 0.463 e. The van der Waals surface area contributed by atoms with Gasteiger partial charge in [0.2, 0.25) is 0 Å². The topological polar surface area (TPSA) is 114 Å². The summed E-state index contributed by atoms with van der Waals surface area (Å²) in [6.45, 7) is 3.93. The summed E-state index contributed by atoms with van der Waals surface area (Å²) in [5.74, 6) is 0.117. The summed E-state index contributed by atoms with van der Waals surface area (Å²) in [6.07, 6.45) is 2.96. The van der Waals surface area contributed by atoms with Gasteiger partial charge < -0.3 is 20.6 Å². The highest BCUT2D eigenvalue weighted by molar-refractivity contribution is 5.96. The van der Waals surface area contributed by atoms with Crippen LogP contribution in [-0.4, -0.2) is 34.1 Å². The first kappa shape index (κ1) is 15.0. The lowest BCUT2D eigenvalue weighted by Crippen LogP contribution is -2.36. The Hall–Kier alpha value is -2.41. The fourth-order valence-electron chi connectivity index (χ4n) is 1.57. The van der Waals surface area contributed by atoms with E-state index in [0.29, 0.717) is 18.0 Å². The number of aromatic nitrogens is 2. The average Bonchev–Trinajstić information content (AvgIpc) is 2.99. The number of nitrogens with zero attached hydrogens (tertiary/aromatic N) is 2. The summed E-state index contributed by atoms with van der Waals surface area (Å²) in [5.41, 5.74) is 5.75. The first-order valence-corrected chi connectivity index (χ1v) is 6.48. The van der Waals surface area contributed by atoms with Crippen LogP contribution in [0.1, 0.15) is 24.3 Å². The summed E-state index contributed by atoms with van der Waals surface area (Å²) in [6, 6.07) is 3.44. The smallest absolute Gasteiger partial charge is 0.273 e. The number of rotatable bonds is 5. The molecule has 0 spiro atoms. The van der Waals surface area contributed by atoms with Crippen LogP contribution in [0, 0.1) is 5.41 Å². The summed E-state index contributed by atoms with van der Waals surface area (Å²) < 4.78 is 5.22. The predicted molar refractivity (Wildman–Crippen MR) is 77.3 cm³/mol. The van der Waals surface area contributed by atoms with Gasteiger partial charge in [0.1, 0.15) is 5.69 Å². The van der Waals surface area contributed by atoms with Crippen molar-refractivity contribution in [1.29, 1.82) is 0 Å². The molecule has 0 saturated heterocycles. The van der Waals surface area contributed by atoms with E-state index < -0.39 is 11.3 Å². The second-order valence-corrected chi connectivity index (χ2v) is 5.47. The van der Waals surface area contributed by atoms with Crippen LogP contribution in [0.15, 0.2) is 29.0 Å². The molecule has 2 rings (SSSR count). The van der Waals surface area contributed by atoms with Gasteiger partial charge in [-0.25, -0.2) is 9.97 Å². The number of furan rings is 1. The molecule has 0 aliphatic carbocycles. The van der Waals surface area contributed by atoms with E-state index in [-0.39, 0.29) is 18.1 Å². The first-order chi connectivity index (χ1) is 9.93. The second-order valence-electron chi connectivity index (χ2n) is 5.47. The SMILES string of the molecule is CC(C)(CO)CNC(=O)c1nc(-c2ccco2)cnc1N. The Labute approximate surface area is 122 Å². The number of hydrogen-bond donors (Lipinski definition) is 3. The van der Waals surface area contributed by atoms with Crippen LogP contribution in [0.5, 0.6) is 0 Å². The van der Waals surface area contributed by atoms with Crippen molar-refractivity contribution in [2.75, 3.05) is 18.9 Å². The molecule has 0 fully saturated rings. The molecule has 0 unspecified atom stereocenters. The van der Waals surface area contributed by atoms with Crippen LogP contribution in [0.25, 0.3) is 11.5 Å². The van der Waals surface area contributed by atoms with Gasteiger partial charge in [-0.15, -0.1) is 0 Å². The van der Waals surface area contributed by atoms with Crippen LogP contribution in [0.2, 0.25) is 0 Å². The molecule has 0 aromatic carbocycles. The summed E-state index contributed by atoms with van der Waals surface area (Å²) in [4.78, 5) is 20.3. The molecule has 0 bridgehead atoms. The number of nitrogens with one attached hydrogen (secondary N) is 1. The van der Waals surface area contributed by atoms with Crippen molar-refractivity contribution >= 4 is 11.7 Å². The minimum Gasteiger partial charge on any atom is -0.463 e. The van der Waals surface area contributed by atoms with E-state index in [1.54, 1.807) is 12.1 Å². The predicted octanol–water partition coefficient (Wildman–Crippen LogP) is 1.07. The third-order valence-corrected chi connectivity index (χ3v) is 2.95. The fraction of sp³-hybridized carbons (Fsp3) is 0.357. The number of hydrogen-bond acceptors (Lipinski definition) is 6. The van der Waals surface area contributed by atoms with Gasteiger partial charge in [0.15, 0.2) is 17.3 Å². The van der Waals surface area contributed by atoms with Gasteiger partial charge in [-0.05, 0) is 12.1 Å². The van der Waals surface area contributed by atoms with Crippen molar-refractivity contribution in [3.8, 4) is 11.5 Å². The molecule has 1 amide bonds. The number of nitrogens with two attached hydrogens (primary N) is 1. The van der Waals surface area contributed by atoms with Gasteiger partial charge in [0.05, 0.1) is 12.5 Å². The van der Waals surface area contributed by atoms with Gasteiger partial charge in [0, 0.05) is 18.6 Å². The Bertz CT molecular complexity index is 623. The summed E-state index contributed by atoms with van der Waals surface area (Å²) in [5, 5.41) is 11.9. The summed E-state index contributed by atoms with van der Waals surface area (Å²) in [7, 11) is 0. The zero-order chi connectivity index (χ0) is 15.5. The Morgan fingerprint density at radius 2 is 2.29 bits per heavy atom. The minimum atomic E-state index is -0.435. The van der Waals surface area contributed by atoms with E-state index >= 15 is 0 Å². The van der Waals surface area contributed by atoms with Gasteiger partial charge >= 0.3 is 0 Å². The Morgan fingerprint density at radius 3 is 2.90 bits per heavy atom. The lowest BCUT2D eigenvalue weighted by molar-refractivity contribution is 0.0907. The maximum absolute atomic E-state index is 12.1. The molecular weight excluding hydrogens is 272 g/mol. The van der Waals surface area contributed by atoms with Gasteiger partial charge in [-0.1, -0.05) is 13.8 Å². The maximum atomic E-state index is 12.1. The molecule has 0 saturated carbocycles. The van der Waals surface area contributed by atoms with Crippen LogP contribution >= 0.6 is 0 Å². The molecule has 21 heavy (non-hydrogen) atoms. The summed E-state index contributed by atoms with van der Waals surface area (Å²) >= 11 is 0. The molecule has 2 heterocycles. The number of aliphatic hydroxyl groups is 1. The maximum Gasteiger partial charge on any atom is 0.273 e. The molecule has 2 aromatic heterocycles. The molecule has 7 nitrogen and oxygen atoms in total. The van der Waals surface area contributed by atoms with E-state index in [2.05, 4.69) is 15.3 Å². The zero-order valence-electron chi connectivity index (χ0n) is 12.0. The lowest BCUT2D eigenvalue weighted by Gasteiger charge is -2.21. The molecule has 4 N–H and O–H groups in total. The standard InChI is InChI=1S/C14H18N4O3/c1-14(2,8-19)7-17-13(20)11-12(15)16-6-9(18-11)10-4-3-5-21-10/h3-6,19H,7-8H2,1-2H3,(H2,15,16)(H,17,20).